The summed E-state index contributed by atoms with van der Waals surface area (Å²) in [6.45, 7) is 25.3. The van der Waals surface area contributed by atoms with Gasteiger partial charge in [0.05, 0.1) is 16.6 Å². The number of hydrogen-bond donors (Lipinski definition) is 1. The maximum absolute atomic E-state index is 14.7. The molecule has 1 N–H and O–H groups in total. The molecule has 0 bridgehead atoms. The number of anilines is 2. The third-order valence-corrected chi connectivity index (χ3v) is 10.2. The fourth-order valence-corrected chi connectivity index (χ4v) is 7.51. The monoisotopic (exact) mass is 723 g/mol. The number of nitrogens with one attached hydrogen (secondary N) is 1. The van der Waals surface area contributed by atoms with E-state index in [2.05, 4.69) is 72.5 Å². The number of rotatable bonds is 14. The number of aryl methyl sites for hydroxylation is 2. The van der Waals surface area contributed by atoms with Crippen molar-refractivity contribution in [3.8, 4) is 0 Å². The number of amides is 1. The third-order valence-electron chi connectivity index (χ3n) is 10.2. The summed E-state index contributed by atoms with van der Waals surface area (Å²) in [4.78, 5) is 41.3. The zero-order valence-corrected chi connectivity index (χ0v) is 34.2. The molecule has 286 valence electrons. The first-order chi connectivity index (χ1) is 24.8. The van der Waals surface area contributed by atoms with Gasteiger partial charge in [0.1, 0.15) is 5.82 Å². The first-order valence-corrected chi connectivity index (χ1v) is 19.2. The summed E-state index contributed by atoms with van der Waals surface area (Å²) in [6, 6.07) is 17.6. The summed E-state index contributed by atoms with van der Waals surface area (Å²) in [5.74, 6) is 0.0228. The van der Waals surface area contributed by atoms with E-state index in [1.165, 1.54) is 18.2 Å². The summed E-state index contributed by atoms with van der Waals surface area (Å²) in [7, 11) is 2.03. The molecule has 7 nitrogen and oxygen atoms in total. The van der Waals surface area contributed by atoms with E-state index in [0.717, 1.165) is 49.0 Å². The van der Waals surface area contributed by atoms with Crippen LogP contribution >= 0.6 is 0 Å². The minimum Gasteiger partial charge on any atom is -0.375 e. The molecule has 3 atom stereocenters. The van der Waals surface area contributed by atoms with E-state index in [-0.39, 0.29) is 45.1 Å². The van der Waals surface area contributed by atoms with Crippen LogP contribution in [-0.2, 0) is 11.3 Å². The van der Waals surface area contributed by atoms with Gasteiger partial charge in [0.2, 0.25) is 0 Å². The SMILES string of the molecule is CCN(C)c1ccc(N=C(C(=O)Nc2ccccc2C)c2nc3ccc(F)cc3c(=O)n2CC(CCC(C)CC(C)(C)C)C(C)CC(C)(C)C)c(C)c1. The molecule has 4 aromatic rings. The Hall–Kier alpha value is -4.33. The van der Waals surface area contributed by atoms with Crippen molar-refractivity contribution in [2.45, 2.75) is 108 Å². The Labute approximate surface area is 317 Å². The van der Waals surface area contributed by atoms with Gasteiger partial charge in [0.25, 0.3) is 11.5 Å². The molecule has 8 heteroatoms. The zero-order chi connectivity index (χ0) is 39.2. The molecule has 0 spiro atoms. The number of para-hydroxylation sites is 1. The van der Waals surface area contributed by atoms with Gasteiger partial charge >= 0.3 is 0 Å². The Kier molecular flexibility index (Phi) is 13.5. The lowest BCUT2D eigenvalue weighted by Gasteiger charge is -2.32. The molecular formula is C45H62FN5O2. The number of aliphatic imine (C=N–C) groups is 1. The molecule has 0 saturated carbocycles. The average Bonchev–Trinajstić information content (AvgIpc) is 3.06. The van der Waals surface area contributed by atoms with E-state index in [1.807, 2.05) is 63.4 Å². The molecule has 0 saturated heterocycles. The third kappa shape index (κ3) is 11.3. The van der Waals surface area contributed by atoms with Crippen LogP contribution in [0, 0.1) is 48.2 Å². The zero-order valence-electron chi connectivity index (χ0n) is 34.2. The lowest BCUT2D eigenvalue weighted by Crippen LogP contribution is -2.36. The number of halogens is 1. The van der Waals surface area contributed by atoms with Gasteiger partial charge < -0.3 is 10.2 Å². The second-order valence-corrected chi connectivity index (χ2v) is 17.7. The van der Waals surface area contributed by atoms with Gasteiger partial charge in [-0.05, 0) is 122 Å². The molecule has 4 rings (SSSR count). The molecule has 1 heterocycles. The van der Waals surface area contributed by atoms with E-state index < -0.39 is 11.7 Å². The van der Waals surface area contributed by atoms with Gasteiger partial charge in [0.15, 0.2) is 11.5 Å². The summed E-state index contributed by atoms with van der Waals surface area (Å²) in [5, 5.41) is 3.25. The van der Waals surface area contributed by atoms with Crippen LogP contribution < -0.4 is 15.8 Å². The minimum absolute atomic E-state index is 0.0274. The molecule has 0 aliphatic heterocycles. The summed E-state index contributed by atoms with van der Waals surface area (Å²) < 4.78 is 16.3. The Bertz CT molecular complexity index is 1980. The molecule has 1 aromatic heterocycles. The van der Waals surface area contributed by atoms with Crippen LogP contribution in [0.2, 0.25) is 0 Å². The highest BCUT2D eigenvalue weighted by molar-refractivity contribution is 6.48. The second kappa shape index (κ2) is 17.2. The fourth-order valence-electron chi connectivity index (χ4n) is 7.51. The normalized spacial score (nSPS) is 14.2. The predicted octanol–water partition coefficient (Wildman–Crippen LogP) is 10.9. The van der Waals surface area contributed by atoms with Crippen LogP contribution in [0.1, 0.15) is 105 Å². The fraction of sp³-hybridized carbons (Fsp3) is 0.511. The largest absolute Gasteiger partial charge is 0.375 e. The molecule has 53 heavy (non-hydrogen) atoms. The highest BCUT2D eigenvalue weighted by Crippen LogP contribution is 2.35. The van der Waals surface area contributed by atoms with Crippen molar-refractivity contribution in [1.82, 2.24) is 9.55 Å². The average molecular weight is 724 g/mol. The Morgan fingerprint density at radius 1 is 0.925 bits per heavy atom. The van der Waals surface area contributed by atoms with E-state index in [0.29, 0.717) is 29.4 Å². The maximum Gasteiger partial charge on any atom is 0.278 e. The van der Waals surface area contributed by atoms with Crippen LogP contribution in [-0.4, -0.2) is 34.8 Å². The Morgan fingerprint density at radius 2 is 1.60 bits per heavy atom. The van der Waals surface area contributed by atoms with Crippen LogP contribution in [0.5, 0.6) is 0 Å². The predicted molar refractivity (Wildman–Crippen MR) is 221 cm³/mol. The van der Waals surface area contributed by atoms with Crippen molar-refractivity contribution in [2.75, 3.05) is 23.8 Å². The Morgan fingerprint density at radius 3 is 2.23 bits per heavy atom. The number of carbonyl (C=O) groups is 1. The lowest BCUT2D eigenvalue weighted by molar-refractivity contribution is -0.110. The molecule has 3 unspecified atom stereocenters. The van der Waals surface area contributed by atoms with E-state index in [1.54, 1.807) is 4.57 Å². The number of nitrogens with zero attached hydrogens (tertiary/aromatic N) is 4. The molecule has 0 fully saturated rings. The van der Waals surface area contributed by atoms with Crippen LogP contribution in [0.3, 0.4) is 0 Å². The van der Waals surface area contributed by atoms with Crippen molar-refractivity contribution in [1.29, 1.82) is 0 Å². The molecule has 1 amide bonds. The van der Waals surface area contributed by atoms with Crippen molar-refractivity contribution >= 4 is 39.6 Å². The van der Waals surface area contributed by atoms with Gasteiger partial charge in [-0.1, -0.05) is 80.0 Å². The lowest BCUT2D eigenvalue weighted by atomic mass is 9.76. The number of hydrogen-bond acceptors (Lipinski definition) is 5. The van der Waals surface area contributed by atoms with Gasteiger partial charge in [0, 0.05) is 31.5 Å². The van der Waals surface area contributed by atoms with Gasteiger partial charge in [-0.2, -0.15) is 0 Å². The molecule has 3 aromatic carbocycles. The summed E-state index contributed by atoms with van der Waals surface area (Å²) in [6.07, 6.45) is 3.95. The summed E-state index contributed by atoms with van der Waals surface area (Å²) in [5.41, 5.74) is 4.29. The van der Waals surface area contributed by atoms with Crippen molar-refractivity contribution in [3.05, 3.63) is 93.8 Å². The molecule has 0 radical (unpaired) electrons. The van der Waals surface area contributed by atoms with Crippen molar-refractivity contribution in [2.24, 2.45) is 33.6 Å². The number of fused-ring (bicyclic) bond motifs is 1. The van der Waals surface area contributed by atoms with Crippen LogP contribution in [0.25, 0.3) is 10.9 Å². The van der Waals surface area contributed by atoms with E-state index in [9.17, 15) is 14.0 Å². The topological polar surface area (TPSA) is 79.6 Å². The molecular weight excluding hydrogens is 662 g/mol. The quantitative estimate of drug-likeness (QED) is 0.131. The maximum atomic E-state index is 14.7. The first-order valence-electron chi connectivity index (χ1n) is 19.2. The standard InChI is InChI=1S/C45H62FN5O2/c1-13-50(12)35-21-23-38(31(4)24-35)47-40(42(52)49-37-17-15-14-16-30(37)3)41-48-39-22-20-34(46)25-36(39)43(53)51(41)28-33(32(5)27-45(9,10)11)19-18-29(2)26-44(6,7)8/h14-17,20-25,29,32-33H,13,18-19,26-28H2,1-12H3,(H,49,52). The summed E-state index contributed by atoms with van der Waals surface area (Å²) >= 11 is 0. The van der Waals surface area contributed by atoms with Gasteiger partial charge in [-0.3, -0.25) is 14.2 Å². The first kappa shape index (κ1) is 41.4. The van der Waals surface area contributed by atoms with Gasteiger partial charge in [-0.25, -0.2) is 14.4 Å². The van der Waals surface area contributed by atoms with Crippen LogP contribution in [0.15, 0.2) is 70.5 Å². The van der Waals surface area contributed by atoms with E-state index in [4.69, 9.17) is 9.98 Å². The van der Waals surface area contributed by atoms with Crippen molar-refractivity contribution in [3.63, 3.8) is 0 Å². The van der Waals surface area contributed by atoms with Crippen LogP contribution in [0.4, 0.5) is 21.5 Å². The number of aromatic nitrogens is 2. The Balaban J connectivity index is 1.96. The van der Waals surface area contributed by atoms with Gasteiger partial charge in [-0.15, -0.1) is 0 Å². The minimum atomic E-state index is -0.511. The highest BCUT2D eigenvalue weighted by atomic mass is 19.1. The molecule has 0 aliphatic carbocycles. The van der Waals surface area contributed by atoms with E-state index >= 15 is 0 Å². The molecule has 0 aliphatic rings. The van der Waals surface area contributed by atoms with Crippen molar-refractivity contribution < 1.29 is 9.18 Å². The number of benzene rings is 3. The number of carbonyl (C=O) groups excluding carboxylic acids is 1. The smallest absolute Gasteiger partial charge is 0.278 e. The highest BCUT2D eigenvalue weighted by Gasteiger charge is 2.29. The second-order valence-electron chi connectivity index (χ2n) is 17.7.